The first-order chi connectivity index (χ1) is 14.0. The molecule has 2 N–H and O–H groups in total. The Morgan fingerprint density at radius 2 is 2.14 bits per heavy atom. The third-order valence-corrected chi connectivity index (χ3v) is 4.56. The van der Waals surface area contributed by atoms with Crippen LogP contribution in [0.5, 0.6) is 5.75 Å². The topological polar surface area (TPSA) is 100 Å². The fourth-order valence-corrected chi connectivity index (χ4v) is 3.10. The molecule has 0 spiro atoms. The summed E-state index contributed by atoms with van der Waals surface area (Å²) in [6.45, 7) is -0.00744. The van der Waals surface area contributed by atoms with Gasteiger partial charge in [0.2, 0.25) is 5.82 Å². The van der Waals surface area contributed by atoms with Gasteiger partial charge in [0, 0.05) is 13.5 Å². The zero-order chi connectivity index (χ0) is 20.4. The van der Waals surface area contributed by atoms with Crippen molar-refractivity contribution in [3.8, 4) is 5.75 Å². The van der Waals surface area contributed by atoms with Gasteiger partial charge in [-0.05, 0) is 29.8 Å². The van der Waals surface area contributed by atoms with E-state index in [-0.39, 0.29) is 24.2 Å². The molecule has 2 heterocycles. The highest BCUT2D eigenvalue weighted by Gasteiger charge is 2.31. The third-order valence-electron chi connectivity index (χ3n) is 4.56. The molecule has 0 radical (unpaired) electrons. The average Bonchev–Trinajstić information content (AvgIpc) is 3.14. The largest absolute Gasteiger partial charge is 0.489 e. The predicted octanol–water partition coefficient (Wildman–Crippen LogP) is 1.69. The van der Waals surface area contributed by atoms with E-state index >= 15 is 0 Å². The van der Waals surface area contributed by atoms with E-state index in [1.165, 1.54) is 17.0 Å². The first-order valence-corrected chi connectivity index (χ1v) is 8.97. The van der Waals surface area contributed by atoms with Crippen molar-refractivity contribution in [2.24, 2.45) is 0 Å². The van der Waals surface area contributed by atoms with Gasteiger partial charge in [0.1, 0.15) is 30.0 Å². The van der Waals surface area contributed by atoms with E-state index in [0.29, 0.717) is 29.2 Å². The lowest BCUT2D eigenvalue weighted by Crippen LogP contribution is -2.49. The molecular formula is C20H18FN5O3. The van der Waals surface area contributed by atoms with Crippen molar-refractivity contribution in [3.63, 3.8) is 0 Å². The van der Waals surface area contributed by atoms with Crippen LogP contribution in [0.15, 0.2) is 48.5 Å². The number of aromatic nitrogens is 3. The van der Waals surface area contributed by atoms with Crippen molar-refractivity contribution >= 4 is 17.5 Å². The molecule has 1 aliphatic heterocycles. The number of rotatable bonds is 4. The van der Waals surface area contributed by atoms with Crippen LogP contribution in [0.2, 0.25) is 0 Å². The Labute approximate surface area is 165 Å². The zero-order valence-electron chi connectivity index (χ0n) is 15.6. The summed E-state index contributed by atoms with van der Waals surface area (Å²) in [5.41, 5.74) is 1.32. The maximum Gasteiger partial charge on any atom is 0.291 e. The van der Waals surface area contributed by atoms with Crippen molar-refractivity contribution in [2.75, 3.05) is 18.6 Å². The molecule has 3 aromatic rings. The summed E-state index contributed by atoms with van der Waals surface area (Å²) >= 11 is 0. The molecule has 1 aliphatic rings. The number of para-hydroxylation sites is 2. The number of H-pyrrole nitrogens is 1. The van der Waals surface area contributed by atoms with E-state index in [1.54, 1.807) is 37.4 Å². The van der Waals surface area contributed by atoms with E-state index in [0.717, 1.165) is 0 Å². The number of hydrogen-bond acceptors (Lipinski definition) is 5. The lowest BCUT2D eigenvalue weighted by Gasteiger charge is -2.19. The number of amides is 2. The van der Waals surface area contributed by atoms with Gasteiger partial charge >= 0.3 is 0 Å². The number of aromatic amines is 1. The number of carbonyl (C=O) groups is 2. The standard InChI is InChI=1S/C20H18FN5O3/c1-26-15-7-2-3-8-16(15)29-11-14(20(26)28)22-19(27)18-23-17(24-25-18)10-12-5-4-6-13(21)9-12/h2-9,14H,10-11H2,1H3,(H,22,27)(H,23,24,25)/t14-/m0/s1. The number of halogens is 1. The Kier molecular flexibility index (Phi) is 4.94. The molecule has 0 saturated heterocycles. The van der Waals surface area contributed by atoms with Gasteiger partial charge in [0.25, 0.3) is 11.8 Å². The van der Waals surface area contributed by atoms with E-state index in [9.17, 15) is 14.0 Å². The summed E-state index contributed by atoms with van der Waals surface area (Å²) in [6.07, 6.45) is 0.293. The minimum atomic E-state index is -0.884. The maximum atomic E-state index is 13.3. The highest BCUT2D eigenvalue weighted by Crippen LogP contribution is 2.29. The Morgan fingerprint density at radius 1 is 1.31 bits per heavy atom. The lowest BCUT2D eigenvalue weighted by molar-refractivity contribution is -0.120. The molecule has 1 aromatic heterocycles. The quantitative estimate of drug-likeness (QED) is 0.700. The van der Waals surface area contributed by atoms with Gasteiger partial charge in [-0.15, -0.1) is 5.10 Å². The summed E-state index contributed by atoms with van der Waals surface area (Å²) in [5, 5.41) is 9.18. The van der Waals surface area contributed by atoms with Crippen molar-refractivity contribution in [1.82, 2.24) is 20.5 Å². The first kappa shape index (κ1) is 18.6. The highest BCUT2D eigenvalue weighted by molar-refractivity contribution is 6.02. The lowest BCUT2D eigenvalue weighted by atomic mass is 10.1. The summed E-state index contributed by atoms with van der Waals surface area (Å²) in [7, 11) is 1.62. The summed E-state index contributed by atoms with van der Waals surface area (Å²) < 4.78 is 19.0. The number of likely N-dealkylation sites (N-methyl/N-ethyl adjacent to an activating group) is 1. The average molecular weight is 395 g/mol. The summed E-state index contributed by atoms with van der Waals surface area (Å²) in [5.74, 6) is -0.387. The van der Waals surface area contributed by atoms with Crippen LogP contribution in [-0.4, -0.2) is 46.7 Å². The van der Waals surface area contributed by atoms with E-state index < -0.39 is 11.9 Å². The zero-order valence-corrected chi connectivity index (χ0v) is 15.6. The fourth-order valence-electron chi connectivity index (χ4n) is 3.10. The smallest absolute Gasteiger partial charge is 0.291 e. The third kappa shape index (κ3) is 3.93. The molecule has 148 valence electrons. The second-order valence-electron chi connectivity index (χ2n) is 6.61. The molecule has 29 heavy (non-hydrogen) atoms. The van der Waals surface area contributed by atoms with Crippen LogP contribution in [-0.2, 0) is 11.2 Å². The Balaban J connectivity index is 1.44. The van der Waals surface area contributed by atoms with Crippen LogP contribution in [0, 0.1) is 5.82 Å². The number of benzene rings is 2. The van der Waals surface area contributed by atoms with Gasteiger partial charge in [-0.3, -0.25) is 14.7 Å². The number of nitrogens with zero attached hydrogens (tertiary/aromatic N) is 3. The van der Waals surface area contributed by atoms with Gasteiger partial charge in [0.05, 0.1) is 5.69 Å². The molecule has 1 atom stereocenters. The van der Waals surface area contributed by atoms with Gasteiger partial charge < -0.3 is 15.0 Å². The van der Waals surface area contributed by atoms with Crippen molar-refractivity contribution in [1.29, 1.82) is 0 Å². The molecule has 0 fully saturated rings. The molecule has 2 aromatic carbocycles. The van der Waals surface area contributed by atoms with Crippen LogP contribution < -0.4 is 15.0 Å². The fraction of sp³-hybridized carbons (Fsp3) is 0.200. The van der Waals surface area contributed by atoms with Crippen molar-refractivity contribution < 1.29 is 18.7 Å². The molecular weight excluding hydrogens is 377 g/mol. The van der Waals surface area contributed by atoms with Crippen molar-refractivity contribution in [2.45, 2.75) is 12.5 Å². The highest BCUT2D eigenvalue weighted by atomic mass is 19.1. The molecule has 0 aliphatic carbocycles. The summed E-state index contributed by atoms with van der Waals surface area (Å²) in [4.78, 5) is 30.8. The molecule has 0 saturated carbocycles. The van der Waals surface area contributed by atoms with Crippen molar-refractivity contribution in [3.05, 3.63) is 71.6 Å². The van der Waals surface area contributed by atoms with Crippen LogP contribution in [0.3, 0.4) is 0 Å². The second kappa shape index (κ2) is 7.70. The number of fused-ring (bicyclic) bond motifs is 1. The van der Waals surface area contributed by atoms with Crippen LogP contribution >= 0.6 is 0 Å². The van der Waals surface area contributed by atoms with Gasteiger partial charge in [-0.25, -0.2) is 9.37 Å². The SMILES string of the molecule is CN1C(=O)[C@@H](NC(=O)c2n[nH]c(Cc3cccc(F)c3)n2)COc2ccccc21. The normalized spacial score (nSPS) is 16.0. The molecule has 2 amide bonds. The number of carbonyl (C=O) groups excluding carboxylic acids is 2. The minimum absolute atomic E-state index is 0.00744. The summed E-state index contributed by atoms with van der Waals surface area (Å²) in [6, 6.07) is 12.3. The molecule has 8 nitrogen and oxygen atoms in total. The second-order valence-corrected chi connectivity index (χ2v) is 6.61. The maximum absolute atomic E-state index is 13.3. The molecule has 9 heteroatoms. The monoisotopic (exact) mass is 395 g/mol. The van der Waals surface area contributed by atoms with Crippen LogP contribution in [0.4, 0.5) is 10.1 Å². The van der Waals surface area contributed by atoms with Gasteiger partial charge in [-0.1, -0.05) is 24.3 Å². The van der Waals surface area contributed by atoms with Gasteiger partial charge in [0.15, 0.2) is 0 Å². The Morgan fingerprint density at radius 3 is 2.97 bits per heavy atom. The Bertz CT molecular complexity index is 1070. The van der Waals surface area contributed by atoms with E-state index in [2.05, 4.69) is 20.5 Å². The van der Waals surface area contributed by atoms with E-state index in [1.807, 2.05) is 6.07 Å². The van der Waals surface area contributed by atoms with Gasteiger partial charge in [-0.2, -0.15) is 0 Å². The molecule has 4 rings (SSSR count). The van der Waals surface area contributed by atoms with Crippen LogP contribution in [0.25, 0.3) is 0 Å². The minimum Gasteiger partial charge on any atom is -0.489 e. The predicted molar refractivity (Wildman–Crippen MR) is 102 cm³/mol. The molecule has 0 bridgehead atoms. The van der Waals surface area contributed by atoms with Crippen LogP contribution in [0.1, 0.15) is 22.0 Å². The number of anilines is 1. The molecule has 0 unspecified atom stereocenters. The number of hydrogen-bond donors (Lipinski definition) is 2. The number of nitrogens with one attached hydrogen (secondary N) is 2. The van der Waals surface area contributed by atoms with E-state index in [4.69, 9.17) is 4.74 Å². The number of ether oxygens (including phenoxy) is 1. The Hall–Kier alpha value is -3.75. The first-order valence-electron chi connectivity index (χ1n) is 8.97.